The molecule has 0 aromatic rings. The maximum absolute atomic E-state index is 7.91. The molecular formula is C6H14N4O. The molecule has 2 N–H and O–H groups in total. The number of ether oxygens (including phenoxy) is 1. The van der Waals surface area contributed by atoms with Gasteiger partial charge in [-0.1, -0.05) is 5.11 Å². The lowest BCUT2D eigenvalue weighted by molar-refractivity contribution is 0.132. The first-order valence-electron chi connectivity index (χ1n) is 3.70. The molecule has 0 atom stereocenters. The summed E-state index contributed by atoms with van der Waals surface area (Å²) in [5.41, 5.74) is 13.2. The normalized spacial score (nSPS) is 9.18. The van der Waals surface area contributed by atoms with Crippen molar-refractivity contribution < 1.29 is 4.74 Å². The van der Waals surface area contributed by atoms with E-state index < -0.39 is 0 Å². The molecule has 64 valence electrons. The summed E-state index contributed by atoms with van der Waals surface area (Å²) in [4.78, 5) is 2.62. The van der Waals surface area contributed by atoms with Gasteiger partial charge >= 0.3 is 0 Å². The Balaban J connectivity index is 2.84. The van der Waals surface area contributed by atoms with E-state index in [9.17, 15) is 0 Å². The Morgan fingerprint density at radius 2 is 2.09 bits per heavy atom. The SMILES string of the molecule is [N-]=[N+]=NCCCOCCCN. The van der Waals surface area contributed by atoms with Gasteiger partial charge in [-0.3, -0.25) is 0 Å². The van der Waals surface area contributed by atoms with Gasteiger partial charge in [-0.25, -0.2) is 0 Å². The number of rotatable bonds is 7. The fourth-order valence-corrected chi connectivity index (χ4v) is 0.570. The molecule has 0 unspecified atom stereocenters. The largest absolute Gasteiger partial charge is 0.381 e. The summed E-state index contributed by atoms with van der Waals surface area (Å²) >= 11 is 0. The first-order chi connectivity index (χ1) is 5.41. The van der Waals surface area contributed by atoms with Crippen LogP contribution in [0.1, 0.15) is 12.8 Å². The van der Waals surface area contributed by atoms with Crippen LogP contribution in [0.3, 0.4) is 0 Å². The number of azide groups is 1. The van der Waals surface area contributed by atoms with Crippen molar-refractivity contribution in [1.29, 1.82) is 0 Å². The highest BCUT2D eigenvalue weighted by molar-refractivity contribution is 4.46. The zero-order valence-electron chi connectivity index (χ0n) is 6.57. The summed E-state index contributed by atoms with van der Waals surface area (Å²) in [5, 5.41) is 3.37. The third-order valence-corrected chi connectivity index (χ3v) is 1.10. The average molecular weight is 158 g/mol. The molecule has 0 bridgehead atoms. The lowest BCUT2D eigenvalue weighted by Crippen LogP contribution is -2.05. The second kappa shape index (κ2) is 9.23. The Hall–Kier alpha value is -0.770. The molecule has 0 heterocycles. The molecule has 0 amide bonds. The minimum atomic E-state index is 0.513. The van der Waals surface area contributed by atoms with Crippen molar-refractivity contribution in [2.24, 2.45) is 10.8 Å². The molecule has 0 fully saturated rings. The zero-order chi connectivity index (χ0) is 8.36. The van der Waals surface area contributed by atoms with Gasteiger partial charge in [0.05, 0.1) is 0 Å². The summed E-state index contributed by atoms with van der Waals surface area (Å²) in [6.07, 6.45) is 1.68. The van der Waals surface area contributed by atoms with E-state index in [1.54, 1.807) is 0 Å². The maximum Gasteiger partial charge on any atom is 0.0478 e. The van der Waals surface area contributed by atoms with Gasteiger partial charge in [-0.2, -0.15) is 0 Å². The van der Waals surface area contributed by atoms with E-state index in [2.05, 4.69) is 10.0 Å². The monoisotopic (exact) mass is 158 g/mol. The van der Waals surface area contributed by atoms with Gasteiger partial charge < -0.3 is 10.5 Å². The third kappa shape index (κ3) is 9.23. The van der Waals surface area contributed by atoms with Crippen LogP contribution in [0.2, 0.25) is 0 Å². The number of hydrogen-bond acceptors (Lipinski definition) is 3. The van der Waals surface area contributed by atoms with Crippen LogP contribution in [0.15, 0.2) is 5.11 Å². The van der Waals surface area contributed by atoms with Gasteiger partial charge in [-0.15, -0.1) is 0 Å². The summed E-state index contributed by atoms with van der Waals surface area (Å²) in [7, 11) is 0. The predicted octanol–water partition coefficient (Wildman–Crippen LogP) is 1.05. The van der Waals surface area contributed by atoms with Crippen LogP contribution in [0.4, 0.5) is 0 Å². The quantitative estimate of drug-likeness (QED) is 0.260. The fraction of sp³-hybridized carbons (Fsp3) is 1.00. The summed E-state index contributed by atoms with van der Waals surface area (Å²) in [5.74, 6) is 0. The lowest BCUT2D eigenvalue weighted by atomic mass is 10.4. The van der Waals surface area contributed by atoms with E-state index in [0.717, 1.165) is 12.8 Å². The second-order valence-electron chi connectivity index (χ2n) is 2.06. The Morgan fingerprint density at radius 1 is 1.36 bits per heavy atom. The molecule has 0 radical (unpaired) electrons. The topological polar surface area (TPSA) is 84.0 Å². The Labute approximate surface area is 66.2 Å². The van der Waals surface area contributed by atoms with Crippen molar-refractivity contribution >= 4 is 0 Å². The van der Waals surface area contributed by atoms with Crippen LogP contribution in [0.5, 0.6) is 0 Å². The van der Waals surface area contributed by atoms with Crippen LogP contribution >= 0.6 is 0 Å². The smallest absolute Gasteiger partial charge is 0.0478 e. The molecule has 0 aliphatic carbocycles. The molecule has 0 aliphatic rings. The second-order valence-corrected chi connectivity index (χ2v) is 2.06. The van der Waals surface area contributed by atoms with E-state index in [0.29, 0.717) is 26.3 Å². The molecule has 0 saturated carbocycles. The molecule has 11 heavy (non-hydrogen) atoms. The molecule has 0 aromatic heterocycles. The Kier molecular flexibility index (Phi) is 8.58. The first kappa shape index (κ1) is 10.2. The van der Waals surface area contributed by atoms with Gasteiger partial charge in [0.25, 0.3) is 0 Å². The summed E-state index contributed by atoms with van der Waals surface area (Å²) in [6.45, 7) is 2.53. The Bertz CT molecular complexity index is 122. The van der Waals surface area contributed by atoms with Crippen molar-refractivity contribution in [3.05, 3.63) is 10.4 Å². The predicted molar refractivity (Wildman–Crippen MR) is 43.1 cm³/mol. The van der Waals surface area contributed by atoms with Crippen LogP contribution in [0, 0.1) is 0 Å². The molecule has 5 heteroatoms. The summed E-state index contributed by atoms with van der Waals surface area (Å²) in [6, 6.07) is 0. The highest BCUT2D eigenvalue weighted by Gasteiger charge is 1.86. The fourth-order valence-electron chi connectivity index (χ4n) is 0.570. The molecular weight excluding hydrogens is 144 g/mol. The van der Waals surface area contributed by atoms with Crippen molar-refractivity contribution in [1.82, 2.24) is 0 Å². The zero-order valence-corrected chi connectivity index (χ0v) is 6.57. The van der Waals surface area contributed by atoms with Crippen LogP contribution in [-0.4, -0.2) is 26.3 Å². The highest BCUT2D eigenvalue weighted by atomic mass is 16.5. The van der Waals surface area contributed by atoms with Crippen molar-refractivity contribution in [2.75, 3.05) is 26.3 Å². The lowest BCUT2D eigenvalue weighted by Gasteiger charge is -1.99. The van der Waals surface area contributed by atoms with E-state index in [1.165, 1.54) is 0 Å². The standard InChI is InChI=1S/C6H14N4O/c7-3-1-5-11-6-2-4-9-10-8/h1-7H2. The minimum Gasteiger partial charge on any atom is -0.381 e. The van der Waals surface area contributed by atoms with Crippen LogP contribution in [-0.2, 0) is 4.74 Å². The Morgan fingerprint density at radius 3 is 2.73 bits per heavy atom. The van der Waals surface area contributed by atoms with E-state index in [-0.39, 0.29) is 0 Å². The molecule has 0 saturated heterocycles. The van der Waals surface area contributed by atoms with Crippen LogP contribution < -0.4 is 5.73 Å². The molecule has 0 aliphatic heterocycles. The molecule has 0 spiro atoms. The average Bonchev–Trinajstić information content (AvgIpc) is 2.03. The third-order valence-electron chi connectivity index (χ3n) is 1.10. The van der Waals surface area contributed by atoms with Crippen molar-refractivity contribution in [3.8, 4) is 0 Å². The molecule has 0 rings (SSSR count). The first-order valence-corrected chi connectivity index (χ1v) is 3.70. The van der Waals surface area contributed by atoms with E-state index in [1.807, 2.05) is 0 Å². The van der Waals surface area contributed by atoms with Gasteiger partial charge in [0.15, 0.2) is 0 Å². The van der Waals surface area contributed by atoms with E-state index >= 15 is 0 Å². The summed E-state index contributed by atoms with van der Waals surface area (Å²) < 4.78 is 5.16. The van der Waals surface area contributed by atoms with Gasteiger partial charge in [0.2, 0.25) is 0 Å². The number of nitrogens with zero attached hydrogens (tertiary/aromatic N) is 3. The highest BCUT2D eigenvalue weighted by Crippen LogP contribution is 1.85. The number of hydrogen-bond donors (Lipinski definition) is 1. The van der Waals surface area contributed by atoms with Crippen molar-refractivity contribution in [2.45, 2.75) is 12.8 Å². The van der Waals surface area contributed by atoms with Gasteiger partial charge in [0.1, 0.15) is 0 Å². The van der Waals surface area contributed by atoms with Crippen LogP contribution in [0.25, 0.3) is 10.4 Å². The van der Waals surface area contributed by atoms with Crippen molar-refractivity contribution in [3.63, 3.8) is 0 Å². The van der Waals surface area contributed by atoms with Gasteiger partial charge in [-0.05, 0) is 24.9 Å². The number of nitrogens with two attached hydrogens (primary N) is 1. The molecule has 0 aromatic carbocycles. The minimum absolute atomic E-state index is 0.513. The van der Waals surface area contributed by atoms with E-state index in [4.69, 9.17) is 16.0 Å². The van der Waals surface area contributed by atoms with Gasteiger partial charge in [0, 0.05) is 24.7 Å². The maximum atomic E-state index is 7.91. The molecule has 5 nitrogen and oxygen atoms in total.